The highest BCUT2D eigenvalue weighted by Gasteiger charge is 2.14. The summed E-state index contributed by atoms with van der Waals surface area (Å²) >= 11 is 0. The quantitative estimate of drug-likeness (QED) is 0.0406. The molecule has 0 radical (unpaired) electrons. The number of ether oxygens (including phenoxy) is 1. The first kappa shape index (κ1) is 45.9. The van der Waals surface area contributed by atoms with Crippen molar-refractivity contribution in [2.24, 2.45) is 0 Å². The largest absolute Gasteiger partial charge is 0.481 e. The third-order valence-corrected chi connectivity index (χ3v) is 9.02. The van der Waals surface area contributed by atoms with Gasteiger partial charge in [-0.3, -0.25) is 9.59 Å². The molecule has 0 rings (SSSR count). The Hall–Kier alpha value is -2.10. The molecular weight excluding hydrogens is 592 g/mol. The van der Waals surface area contributed by atoms with E-state index in [-0.39, 0.29) is 18.5 Å². The van der Waals surface area contributed by atoms with Gasteiger partial charge in [0.05, 0.1) is 0 Å². The van der Waals surface area contributed by atoms with Crippen molar-refractivity contribution in [3.8, 4) is 0 Å². The average molecular weight is 671 g/mol. The molecule has 1 N–H and O–H groups in total. The van der Waals surface area contributed by atoms with Gasteiger partial charge in [-0.2, -0.15) is 0 Å². The molecule has 48 heavy (non-hydrogen) atoms. The van der Waals surface area contributed by atoms with Crippen molar-refractivity contribution in [1.29, 1.82) is 0 Å². The summed E-state index contributed by atoms with van der Waals surface area (Å²) in [7, 11) is 0. The van der Waals surface area contributed by atoms with E-state index in [1.165, 1.54) is 103 Å². The monoisotopic (exact) mass is 671 g/mol. The molecule has 0 saturated heterocycles. The first-order valence-electron chi connectivity index (χ1n) is 20.6. The Morgan fingerprint density at radius 1 is 0.458 bits per heavy atom. The Balaban J connectivity index is 4.03. The zero-order chi connectivity index (χ0) is 35.0. The number of hydrogen-bond donors (Lipinski definition) is 1. The maximum Gasteiger partial charge on any atom is 0.306 e. The number of carbonyl (C=O) groups excluding carboxylic acids is 1. The van der Waals surface area contributed by atoms with E-state index < -0.39 is 5.97 Å². The third kappa shape index (κ3) is 38.3. The van der Waals surface area contributed by atoms with E-state index in [0.29, 0.717) is 6.42 Å². The van der Waals surface area contributed by atoms with Crippen LogP contribution in [0.25, 0.3) is 0 Å². The topological polar surface area (TPSA) is 63.6 Å². The number of aliphatic carboxylic acids is 1. The SMILES string of the molecule is CCCCC/C=C\C/C=C\CCCCCCCCCCCC(=O)OC(CCC/C=C\C/C=C\CCCCC)CCCCCCCC(=O)O. The van der Waals surface area contributed by atoms with Crippen LogP contribution in [-0.2, 0) is 14.3 Å². The van der Waals surface area contributed by atoms with Crippen LogP contribution in [0.3, 0.4) is 0 Å². The Morgan fingerprint density at radius 3 is 1.31 bits per heavy atom. The van der Waals surface area contributed by atoms with Crippen LogP contribution in [0.15, 0.2) is 48.6 Å². The van der Waals surface area contributed by atoms with Gasteiger partial charge in [0.15, 0.2) is 0 Å². The van der Waals surface area contributed by atoms with Gasteiger partial charge in [-0.15, -0.1) is 0 Å². The van der Waals surface area contributed by atoms with Crippen molar-refractivity contribution >= 4 is 11.9 Å². The van der Waals surface area contributed by atoms with E-state index in [1.807, 2.05) is 0 Å². The van der Waals surface area contributed by atoms with Crippen LogP contribution < -0.4 is 0 Å². The number of allylic oxidation sites excluding steroid dienone is 8. The van der Waals surface area contributed by atoms with Crippen molar-refractivity contribution in [2.75, 3.05) is 0 Å². The Labute approximate surface area is 298 Å². The molecule has 0 heterocycles. The van der Waals surface area contributed by atoms with Crippen LogP contribution in [0.5, 0.6) is 0 Å². The second-order valence-electron chi connectivity index (χ2n) is 13.8. The highest BCUT2D eigenvalue weighted by atomic mass is 16.5. The molecule has 1 atom stereocenters. The minimum absolute atomic E-state index is 0.0102. The fourth-order valence-corrected chi connectivity index (χ4v) is 5.96. The van der Waals surface area contributed by atoms with Gasteiger partial charge in [0.1, 0.15) is 6.10 Å². The van der Waals surface area contributed by atoms with Gasteiger partial charge in [0.25, 0.3) is 0 Å². The molecule has 0 saturated carbocycles. The van der Waals surface area contributed by atoms with Gasteiger partial charge < -0.3 is 9.84 Å². The highest BCUT2D eigenvalue weighted by molar-refractivity contribution is 5.69. The van der Waals surface area contributed by atoms with Crippen LogP contribution in [0.2, 0.25) is 0 Å². The number of unbranched alkanes of at least 4 members (excludes halogenated alkanes) is 20. The van der Waals surface area contributed by atoms with Crippen molar-refractivity contribution < 1.29 is 19.4 Å². The van der Waals surface area contributed by atoms with Gasteiger partial charge in [-0.1, -0.05) is 152 Å². The number of carbonyl (C=O) groups is 2. The summed E-state index contributed by atoms with van der Waals surface area (Å²) in [6, 6.07) is 0. The van der Waals surface area contributed by atoms with Crippen LogP contribution in [-0.4, -0.2) is 23.1 Å². The molecule has 1 unspecified atom stereocenters. The number of carboxylic acids is 1. The third-order valence-electron chi connectivity index (χ3n) is 9.02. The predicted octanol–water partition coefficient (Wildman–Crippen LogP) is 14.3. The van der Waals surface area contributed by atoms with Crippen molar-refractivity contribution in [1.82, 2.24) is 0 Å². The van der Waals surface area contributed by atoms with E-state index in [2.05, 4.69) is 62.5 Å². The minimum atomic E-state index is -0.708. The molecule has 4 heteroatoms. The Morgan fingerprint density at radius 2 is 0.833 bits per heavy atom. The smallest absolute Gasteiger partial charge is 0.306 e. The molecule has 0 aromatic rings. The normalized spacial score (nSPS) is 12.7. The van der Waals surface area contributed by atoms with Gasteiger partial charge in [-0.25, -0.2) is 0 Å². The maximum atomic E-state index is 12.7. The first-order valence-corrected chi connectivity index (χ1v) is 20.6. The summed E-state index contributed by atoms with van der Waals surface area (Å²) in [6.07, 6.45) is 52.7. The van der Waals surface area contributed by atoms with E-state index >= 15 is 0 Å². The zero-order valence-electron chi connectivity index (χ0n) is 31.8. The minimum Gasteiger partial charge on any atom is -0.481 e. The zero-order valence-corrected chi connectivity index (χ0v) is 31.8. The molecule has 0 aromatic carbocycles. The first-order chi connectivity index (χ1) is 23.6. The molecule has 278 valence electrons. The molecule has 0 fully saturated rings. The lowest BCUT2D eigenvalue weighted by Gasteiger charge is -2.18. The lowest BCUT2D eigenvalue weighted by Crippen LogP contribution is -2.18. The summed E-state index contributed by atoms with van der Waals surface area (Å²) in [5, 5.41) is 8.82. The molecule has 0 aliphatic rings. The highest BCUT2D eigenvalue weighted by Crippen LogP contribution is 2.18. The van der Waals surface area contributed by atoms with Crippen molar-refractivity contribution in [3.63, 3.8) is 0 Å². The average Bonchev–Trinajstić information content (AvgIpc) is 3.07. The molecular formula is C44H78O4. The summed E-state index contributed by atoms with van der Waals surface area (Å²) in [4.78, 5) is 23.4. The van der Waals surface area contributed by atoms with E-state index in [9.17, 15) is 9.59 Å². The summed E-state index contributed by atoms with van der Waals surface area (Å²) in [5.41, 5.74) is 0. The summed E-state index contributed by atoms with van der Waals surface area (Å²) < 4.78 is 5.98. The van der Waals surface area contributed by atoms with E-state index in [1.54, 1.807) is 0 Å². The lowest BCUT2D eigenvalue weighted by atomic mass is 10.0. The fourth-order valence-electron chi connectivity index (χ4n) is 5.96. The maximum absolute atomic E-state index is 12.7. The molecule has 0 bridgehead atoms. The number of carboxylic acid groups (broad SMARTS) is 1. The molecule has 4 nitrogen and oxygen atoms in total. The predicted molar refractivity (Wildman–Crippen MR) is 209 cm³/mol. The molecule has 0 aromatic heterocycles. The molecule has 0 aliphatic heterocycles. The van der Waals surface area contributed by atoms with Crippen molar-refractivity contribution in [3.05, 3.63) is 48.6 Å². The van der Waals surface area contributed by atoms with Gasteiger partial charge in [0, 0.05) is 12.8 Å². The Kier molecular flexibility index (Phi) is 37.6. The second kappa shape index (κ2) is 39.3. The van der Waals surface area contributed by atoms with Gasteiger partial charge in [-0.05, 0) is 96.3 Å². The van der Waals surface area contributed by atoms with Crippen LogP contribution in [0.1, 0.15) is 213 Å². The number of esters is 1. The number of rotatable bonds is 37. The van der Waals surface area contributed by atoms with E-state index in [4.69, 9.17) is 9.84 Å². The molecule has 0 amide bonds. The van der Waals surface area contributed by atoms with Crippen LogP contribution >= 0.6 is 0 Å². The van der Waals surface area contributed by atoms with Crippen molar-refractivity contribution in [2.45, 2.75) is 219 Å². The molecule has 0 spiro atoms. The van der Waals surface area contributed by atoms with Gasteiger partial charge >= 0.3 is 11.9 Å². The summed E-state index contributed by atoms with van der Waals surface area (Å²) in [5.74, 6) is -0.734. The van der Waals surface area contributed by atoms with Crippen LogP contribution in [0.4, 0.5) is 0 Å². The van der Waals surface area contributed by atoms with E-state index in [0.717, 1.165) is 83.5 Å². The summed E-state index contributed by atoms with van der Waals surface area (Å²) in [6.45, 7) is 4.49. The lowest BCUT2D eigenvalue weighted by molar-refractivity contribution is -0.150. The number of hydrogen-bond acceptors (Lipinski definition) is 3. The second-order valence-corrected chi connectivity index (χ2v) is 13.8. The van der Waals surface area contributed by atoms with Gasteiger partial charge in [0.2, 0.25) is 0 Å². The molecule has 0 aliphatic carbocycles. The van der Waals surface area contributed by atoms with Crippen LogP contribution in [0, 0.1) is 0 Å². The Bertz CT molecular complexity index is 809. The fraction of sp³-hybridized carbons (Fsp3) is 0.773. The standard InChI is InChI=1S/C44H78O4/c1-3-5-7-9-11-13-15-16-17-18-19-20-21-22-24-26-28-33-37-41-44(47)48-42(39-35-31-29-32-36-40-43(45)46)38-34-30-27-25-23-14-12-10-8-6-4-2/h11-14,16-17,25,27,42H,3-10,15,18-24,26,28-41H2,1-2H3,(H,45,46)/b13-11-,14-12-,17-16-,27-25-.